The molecule has 0 amide bonds. The molecule has 0 radical (unpaired) electrons. The van der Waals surface area contributed by atoms with Crippen molar-refractivity contribution in [3.63, 3.8) is 0 Å². The van der Waals surface area contributed by atoms with Crippen molar-refractivity contribution in [2.75, 3.05) is 10.6 Å². The van der Waals surface area contributed by atoms with E-state index in [-0.39, 0.29) is 0 Å². The van der Waals surface area contributed by atoms with Gasteiger partial charge in [0.15, 0.2) is 0 Å². The fourth-order valence-electron chi connectivity index (χ4n) is 1.95. The van der Waals surface area contributed by atoms with Crippen LogP contribution in [0.3, 0.4) is 0 Å². The van der Waals surface area contributed by atoms with Gasteiger partial charge in [-0.25, -0.2) is 0 Å². The van der Waals surface area contributed by atoms with Crippen LogP contribution in [0, 0.1) is 0 Å². The van der Waals surface area contributed by atoms with E-state index in [0.29, 0.717) is 0 Å². The van der Waals surface area contributed by atoms with Gasteiger partial charge in [0.1, 0.15) is 0 Å². The molecular formula is C16H16N4S. The van der Waals surface area contributed by atoms with Crippen LogP contribution < -0.4 is 10.6 Å². The smallest absolute Gasteiger partial charge is 0.0688 e. The average Bonchev–Trinajstić information content (AvgIpc) is 3.00. The Morgan fingerprint density at radius 1 is 0.762 bits per heavy atom. The molecule has 3 aromatic heterocycles. The summed E-state index contributed by atoms with van der Waals surface area (Å²) in [5.74, 6) is 0. The predicted molar refractivity (Wildman–Crippen MR) is 87.4 cm³/mol. The Labute approximate surface area is 127 Å². The molecule has 0 bridgehead atoms. The van der Waals surface area contributed by atoms with Crippen LogP contribution in [0.25, 0.3) is 0 Å². The molecule has 0 saturated heterocycles. The van der Waals surface area contributed by atoms with E-state index in [4.69, 9.17) is 0 Å². The van der Waals surface area contributed by atoms with Crippen LogP contribution in [-0.2, 0) is 13.1 Å². The summed E-state index contributed by atoms with van der Waals surface area (Å²) < 4.78 is 0. The number of anilines is 2. The number of pyridine rings is 2. The summed E-state index contributed by atoms with van der Waals surface area (Å²) in [6, 6.07) is 11.9. The fourth-order valence-corrected chi connectivity index (χ4v) is 2.71. The SMILES string of the molecule is c1ccc(CNc2cscc2NCc2ccccn2)nc1. The second kappa shape index (κ2) is 6.85. The lowest BCUT2D eigenvalue weighted by atomic mass is 10.3. The Morgan fingerprint density at radius 3 is 1.71 bits per heavy atom. The van der Waals surface area contributed by atoms with Crippen LogP contribution in [0.1, 0.15) is 11.4 Å². The average molecular weight is 296 g/mol. The van der Waals surface area contributed by atoms with Crippen molar-refractivity contribution < 1.29 is 0 Å². The van der Waals surface area contributed by atoms with Gasteiger partial charge in [-0.15, -0.1) is 11.3 Å². The lowest BCUT2D eigenvalue weighted by Crippen LogP contribution is -2.05. The minimum Gasteiger partial charge on any atom is -0.377 e. The molecule has 0 atom stereocenters. The molecule has 3 aromatic rings. The van der Waals surface area contributed by atoms with E-state index in [1.807, 2.05) is 48.8 Å². The summed E-state index contributed by atoms with van der Waals surface area (Å²) >= 11 is 1.67. The molecule has 0 aliphatic heterocycles. The predicted octanol–water partition coefficient (Wildman–Crippen LogP) is 3.76. The van der Waals surface area contributed by atoms with Gasteiger partial charge in [-0.05, 0) is 24.3 Å². The molecule has 2 N–H and O–H groups in total. The number of rotatable bonds is 6. The van der Waals surface area contributed by atoms with Crippen LogP contribution in [0.4, 0.5) is 11.4 Å². The molecule has 0 aliphatic carbocycles. The normalized spacial score (nSPS) is 10.3. The van der Waals surface area contributed by atoms with E-state index in [0.717, 1.165) is 35.9 Å². The summed E-state index contributed by atoms with van der Waals surface area (Å²) in [7, 11) is 0. The third-order valence-corrected chi connectivity index (χ3v) is 3.78. The highest BCUT2D eigenvalue weighted by molar-refractivity contribution is 7.08. The summed E-state index contributed by atoms with van der Waals surface area (Å²) in [4.78, 5) is 8.62. The summed E-state index contributed by atoms with van der Waals surface area (Å²) in [5, 5.41) is 11.0. The Hall–Kier alpha value is -2.40. The summed E-state index contributed by atoms with van der Waals surface area (Å²) in [6.45, 7) is 1.44. The van der Waals surface area contributed by atoms with Gasteiger partial charge in [-0.2, -0.15) is 0 Å². The Morgan fingerprint density at radius 2 is 1.29 bits per heavy atom. The molecule has 0 aliphatic rings. The monoisotopic (exact) mass is 296 g/mol. The number of hydrogen-bond acceptors (Lipinski definition) is 5. The first-order valence-electron chi connectivity index (χ1n) is 6.75. The number of nitrogens with one attached hydrogen (secondary N) is 2. The van der Waals surface area contributed by atoms with E-state index >= 15 is 0 Å². The van der Waals surface area contributed by atoms with Gasteiger partial charge >= 0.3 is 0 Å². The number of thiophene rings is 1. The van der Waals surface area contributed by atoms with Crippen molar-refractivity contribution in [2.24, 2.45) is 0 Å². The second-order valence-corrected chi connectivity index (χ2v) is 5.29. The van der Waals surface area contributed by atoms with Crippen LogP contribution in [0.15, 0.2) is 59.6 Å². The Bertz CT molecular complexity index is 609. The molecule has 0 fully saturated rings. The molecule has 0 unspecified atom stereocenters. The zero-order valence-corrected chi connectivity index (χ0v) is 12.3. The molecule has 0 saturated carbocycles. The van der Waals surface area contributed by atoms with Gasteiger partial charge in [0, 0.05) is 23.2 Å². The standard InChI is InChI=1S/C16H16N4S/c1-3-7-17-13(5-1)9-19-15-11-21-12-16(15)20-10-14-6-2-4-8-18-14/h1-8,11-12,19-20H,9-10H2. The van der Waals surface area contributed by atoms with Gasteiger partial charge in [0.2, 0.25) is 0 Å². The van der Waals surface area contributed by atoms with Crippen molar-refractivity contribution in [1.29, 1.82) is 0 Å². The van der Waals surface area contributed by atoms with Crippen molar-refractivity contribution in [3.05, 3.63) is 70.9 Å². The molecule has 0 aromatic carbocycles. The molecule has 5 heteroatoms. The molecule has 3 heterocycles. The maximum atomic E-state index is 4.31. The molecule has 4 nitrogen and oxygen atoms in total. The highest BCUT2D eigenvalue weighted by atomic mass is 32.1. The van der Waals surface area contributed by atoms with Crippen LogP contribution in [-0.4, -0.2) is 9.97 Å². The Kier molecular flexibility index (Phi) is 4.43. The van der Waals surface area contributed by atoms with Gasteiger partial charge in [0.25, 0.3) is 0 Å². The molecule has 0 spiro atoms. The third-order valence-electron chi connectivity index (χ3n) is 3.03. The van der Waals surface area contributed by atoms with Crippen LogP contribution >= 0.6 is 11.3 Å². The van der Waals surface area contributed by atoms with E-state index < -0.39 is 0 Å². The number of nitrogens with zero attached hydrogens (tertiary/aromatic N) is 2. The minimum atomic E-state index is 0.718. The maximum Gasteiger partial charge on any atom is 0.0688 e. The Balaban J connectivity index is 1.59. The number of hydrogen-bond donors (Lipinski definition) is 2. The molecule has 3 rings (SSSR count). The first-order valence-corrected chi connectivity index (χ1v) is 7.70. The largest absolute Gasteiger partial charge is 0.377 e. The fraction of sp³-hybridized carbons (Fsp3) is 0.125. The molecule has 106 valence electrons. The van der Waals surface area contributed by atoms with Crippen LogP contribution in [0.2, 0.25) is 0 Å². The van der Waals surface area contributed by atoms with E-state index in [2.05, 4.69) is 31.4 Å². The number of aromatic nitrogens is 2. The summed E-state index contributed by atoms with van der Waals surface area (Å²) in [6.07, 6.45) is 3.62. The van der Waals surface area contributed by atoms with E-state index in [1.54, 1.807) is 11.3 Å². The van der Waals surface area contributed by atoms with Gasteiger partial charge in [-0.3, -0.25) is 9.97 Å². The quantitative estimate of drug-likeness (QED) is 0.727. The van der Waals surface area contributed by atoms with E-state index in [1.165, 1.54) is 0 Å². The lowest BCUT2D eigenvalue weighted by Gasteiger charge is -2.09. The highest BCUT2D eigenvalue weighted by Gasteiger charge is 2.04. The third kappa shape index (κ3) is 3.79. The second-order valence-electron chi connectivity index (χ2n) is 4.55. The topological polar surface area (TPSA) is 49.8 Å². The first kappa shape index (κ1) is 13.6. The zero-order chi connectivity index (χ0) is 14.3. The van der Waals surface area contributed by atoms with Gasteiger partial charge in [0.05, 0.1) is 35.9 Å². The van der Waals surface area contributed by atoms with Crippen LogP contribution in [0.5, 0.6) is 0 Å². The minimum absolute atomic E-state index is 0.718. The van der Waals surface area contributed by atoms with Crippen molar-refractivity contribution >= 4 is 22.7 Å². The van der Waals surface area contributed by atoms with Gasteiger partial charge in [-0.1, -0.05) is 12.1 Å². The van der Waals surface area contributed by atoms with Crippen molar-refractivity contribution in [1.82, 2.24) is 9.97 Å². The summed E-state index contributed by atoms with van der Waals surface area (Å²) in [5.41, 5.74) is 4.25. The van der Waals surface area contributed by atoms with Crippen molar-refractivity contribution in [2.45, 2.75) is 13.1 Å². The van der Waals surface area contributed by atoms with E-state index in [9.17, 15) is 0 Å². The molecular weight excluding hydrogens is 280 g/mol. The molecule has 21 heavy (non-hydrogen) atoms. The lowest BCUT2D eigenvalue weighted by molar-refractivity contribution is 1.03. The maximum absolute atomic E-state index is 4.31. The zero-order valence-electron chi connectivity index (χ0n) is 11.5. The van der Waals surface area contributed by atoms with Crippen molar-refractivity contribution in [3.8, 4) is 0 Å². The highest BCUT2D eigenvalue weighted by Crippen LogP contribution is 2.27. The van der Waals surface area contributed by atoms with Gasteiger partial charge < -0.3 is 10.6 Å². The first-order chi connectivity index (χ1) is 10.4.